The highest BCUT2D eigenvalue weighted by atomic mass is 35.5. The maximum Gasteiger partial charge on any atom is 0.225 e. The van der Waals surface area contributed by atoms with Crippen molar-refractivity contribution in [1.29, 1.82) is 0 Å². The van der Waals surface area contributed by atoms with E-state index < -0.39 is 0 Å². The van der Waals surface area contributed by atoms with Crippen molar-refractivity contribution in [2.75, 3.05) is 24.6 Å². The summed E-state index contributed by atoms with van der Waals surface area (Å²) in [6.07, 6.45) is 4.30. The van der Waals surface area contributed by atoms with Gasteiger partial charge in [0.05, 0.1) is 5.38 Å². The van der Waals surface area contributed by atoms with Gasteiger partial charge in [-0.15, -0.1) is 11.6 Å². The minimum Gasteiger partial charge on any atom is -0.341 e. The fourth-order valence-electron chi connectivity index (χ4n) is 2.33. The van der Waals surface area contributed by atoms with Gasteiger partial charge in [-0.1, -0.05) is 0 Å². The molecule has 2 saturated heterocycles. The van der Waals surface area contributed by atoms with Gasteiger partial charge in [-0.3, -0.25) is 4.79 Å². The molecule has 2 fully saturated rings. The van der Waals surface area contributed by atoms with Crippen LogP contribution in [0.2, 0.25) is 0 Å². The Kier molecular flexibility index (Phi) is 4.21. The number of hydrogen-bond donors (Lipinski definition) is 0. The highest BCUT2D eigenvalue weighted by molar-refractivity contribution is 7.99. The van der Waals surface area contributed by atoms with Crippen molar-refractivity contribution in [1.82, 2.24) is 4.90 Å². The second-order valence-electron chi connectivity index (χ2n) is 4.41. The van der Waals surface area contributed by atoms with Gasteiger partial charge in [0.25, 0.3) is 0 Å². The van der Waals surface area contributed by atoms with E-state index in [9.17, 15) is 4.79 Å². The maximum absolute atomic E-state index is 12.2. The monoisotopic (exact) mass is 247 g/mol. The van der Waals surface area contributed by atoms with E-state index in [0.29, 0.717) is 5.91 Å². The average molecular weight is 248 g/mol. The van der Waals surface area contributed by atoms with Gasteiger partial charge in [-0.25, -0.2) is 0 Å². The molecule has 0 saturated carbocycles. The molecule has 0 radical (unpaired) electrons. The van der Waals surface area contributed by atoms with E-state index in [-0.39, 0.29) is 11.3 Å². The third-order valence-electron chi connectivity index (χ3n) is 3.24. The van der Waals surface area contributed by atoms with Crippen molar-refractivity contribution in [2.45, 2.75) is 31.1 Å². The number of rotatable bonds is 1. The number of carbonyl (C=O) groups excluding carboxylic acids is 1. The van der Waals surface area contributed by atoms with Crippen molar-refractivity contribution in [3.05, 3.63) is 0 Å². The zero-order valence-electron chi connectivity index (χ0n) is 8.95. The highest BCUT2D eigenvalue weighted by Gasteiger charge is 2.30. The molecule has 2 aliphatic rings. The molecule has 1 amide bonds. The van der Waals surface area contributed by atoms with Gasteiger partial charge in [0.2, 0.25) is 5.91 Å². The lowest BCUT2D eigenvalue weighted by Crippen LogP contribution is -2.34. The topological polar surface area (TPSA) is 20.3 Å². The summed E-state index contributed by atoms with van der Waals surface area (Å²) in [5, 5.41) is 0.189. The maximum atomic E-state index is 12.2. The molecule has 15 heavy (non-hydrogen) atoms. The Balaban J connectivity index is 1.88. The molecule has 2 heterocycles. The van der Waals surface area contributed by atoms with Crippen LogP contribution in [0.5, 0.6) is 0 Å². The van der Waals surface area contributed by atoms with Crippen LogP contribution in [0.3, 0.4) is 0 Å². The summed E-state index contributed by atoms with van der Waals surface area (Å²) in [5.41, 5.74) is 0. The second kappa shape index (κ2) is 5.44. The van der Waals surface area contributed by atoms with E-state index >= 15 is 0 Å². The molecule has 86 valence electrons. The smallest absolute Gasteiger partial charge is 0.225 e. The average Bonchev–Trinajstić information content (AvgIpc) is 2.53. The van der Waals surface area contributed by atoms with Gasteiger partial charge in [0, 0.05) is 19.0 Å². The Hall–Kier alpha value is 0.110. The third kappa shape index (κ3) is 3.04. The number of carbonyl (C=O) groups is 1. The Bertz CT molecular complexity index is 229. The molecule has 0 N–H and O–H groups in total. The molecular weight excluding hydrogens is 230 g/mol. The molecule has 0 bridgehead atoms. The number of nitrogens with zero attached hydrogens (tertiary/aromatic N) is 1. The first-order valence-electron chi connectivity index (χ1n) is 5.78. The summed E-state index contributed by atoms with van der Waals surface area (Å²) in [7, 11) is 0. The van der Waals surface area contributed by atoms with Crippen LogP contribution >= 0.6 is 23.4 Å². The minimum absolute atomic E-state index is 0.189. The van der Waals surface area contributed by atoms with Crippen LogP contribution in [0.1, 0.15) is 25.7 Å². The molecule has 4 heteroatoms. The van der Waals surface area contributed by atoms with Crippen LogP contribution in [0.4, 0.5) is 0 Å². The lowest BCUT2D eigenvalue weighted by Gasteiger charge is -2.21. The third-order valence-corrected chi connectivity index (χ3v) is 4.70. The summed E-state index contributed by atoms with van der Waals surface area (Å²) in [4.78, 5) is 14.1. The van der Waals surface area contributed by atoms with Gasteiger partial charge >= 0.3 is 0 Å². The SMILES string of the molecule is O=C(C1CCCSCC1)N1CCC(Cl)C1. The van der Waals surface area contributed by atoms with Gasteiger partial charge in [0.1, 0.15) is 0 Å². The number of hydrogen-bond acceptors (Lipinski definition) is 2. The quantitative estimate of drug-likeness (QED) is 0.663. The lowest BCUT2D eigenvalue weighted by atomic mass is 9.99. The van der Waals surface area contributed by atoms with Crippen LogP contribution in [-0.2, 0) is 4.79 Å². The van der Waals surface area contributed by atoms with Crippen LogP contribution in [-0.4, -0.2) is 40.8 Å². The molecule has 0 aromatic heterocycles. The van der Waals surface area contributed by atoms with Crippen LogP contribution < -0.4 is 0 Å². The summed E-state index contributed by atoms with van der Waals surface area (Å²) in [6.45, 7) is 1.64. The zero-order valence-corrected chi connectivity index (χ0v) is 10.5. The predicted octanol–water partition coefficient (Wildman–Crippen LogP) is 2.36. The van der Waals surface area contributed by atoms with E-state index in [1.807, 2.05) is 16.7 Å². The van der Waals surface area contributed by atoms with Gasteiger partial charge in [0.15, 0.2) is 0 Å². The summed E-state index contributed by atoms with van der Waals surface area (Å²) < 4.78 is 0. The number of amides is 1. The van der Waals surface area contributed by atoms with Crippen molar-refractivity contribution in [3.8, 4) is 0 Å². The normalized spacial score (nSPS) is 32.7. The predicted molar refractivity (Wildman–Crippen MR) is 65.5 cm³/mol. The summed E-state index contributed by atoms with van der Waals surface area (Å²) in [6, 6.07) is 0. The molecule has 0 spiro atoms. The molecule has 0 aromatic rings. The van der Waals surface area contributed by atoms with Gasteiger partial charge in [-0.2, -0.15) is 11.8 Å². The molecule has 2 nitrogen and oxygen atoms in total. The van der Waals surface area contributed by atoms with Crippen LogP contribution in [0, 0.1) is 5.92 Å². The van der Waals surface area contributed by atoms with E-state index in [0.717, 1.165) is 38.1 Å². The van der Waals surface area contributed by atoms with Crippen LogP contribution in [0.15, 0.2) is 0 Å². The van der Waals surface area contributed by atoms with Crippen molar-refractivity contribution in [2.24, 2.45) is 5.92 Å². The largest absolute Gasteiger partial charge is 0.341 e. The zero-order chi connectivity index (χ0) is 10.7. The first-order valence-corrected chi connectivity index (χ1v) is 7.37. The number of likely N-dealkylation sites (tertiary alicyclic amines) is 1. The Morgan fingerprint density at radius 2 is 2.13 bits per heavy atom. The van der Waals surface area contributed by atoms with E-state index in [1.54, 1.807) is 0 Å². The molecule has 0 aromatic carbocycles. The fourth-order valence-corrected chi connectivity index (χ4v) is 3.62. The van der Waals surface area contributed by atoms with E-state index in [4.69, 9.17) is 11.6 Å². The first-order chi connectivity index (χ1) is 7.27. The van der Waals surface area contributed by atoms with Crippen molar-refractivity contribution in [3.63, 3.8) is 0 Å². The van der Waals surface area contributed by atoms with Crippen LogP contribution in [0.25, 0.3) is 0 Å². The summed E-state index contributed by atoms with van der Waals surface area (Å²) in [5.74, 6) is 3.01. The molecule has 2 unspecified atom stereocenters. The highest BCUT2D eigenvalue weighted by Crippen LogP contribution is 2.26. The lowest BCUT2D eigenvalue weighted by molar-refractivity contribution is -0.134. The minimum atomic E-state index is 0.189. The van der Waals surface area contributed by atoms with Crippen molar-refractivity contribution >= 4 is 29.3 Å². The molecular formula is C11H18ClNOS. The Morgan fingerprint density at radius 3 is 2.87 bits per heavy atom. The second-order valence-corrected chi connectivity index (χ2v) is 6.25. The molecule has 2 atom stereocenters. The Morgan fingerprint density at radius 1 is 1.27 bits per heavy atom. The van der Waals surface area contributed by atoms with E-state index in [2.05, 4.69) is 0 Å². The van der Waals surface area contributed by atoms with Gasteiger partial charge in [-0.05, 0) is 37.2 Å². The van der Waals surface area contributed by atoms with Crippen molar-refractivity contribution < 1.29 is 4.79 Å². The summed E-state index contributed by atoms with van der Waals surface area (Å²) >= 11 is 8.01. The van der Waals surface area contributed by atoms with E-state index in [1.165, 1.54) is 12.2 Å². The standard InChI is InChI=1S/C11H18ClNOS/c12-10-3-5-13(8-10)11(14)9-2-1-6-15-7-4-9/h9-10H,1-8H2. The first kappa shape index (κ1) is 11.6. The number of alkyl halides is 1. The molecule has 2 rings (SSSR count). The Labute approximate surface area is 101 Å². The molecule has 0 aliphatic carbocycles. The number of thioether (sulfide) groups is 1. The fraction of sp³-hybridized carbons (Fsp3) is 0.909. The van der Waals surface area contributed by atoms with Gasteiger partial charge < -0.3 is 4.90 Å². The molecule has 2 aliphatic heterocycles. The number of halogens is 1.